The zero-order valence-corrected chi connectivity index (χ0v) is 21.9. The number of amides is 2. The average molecular weight is 507 g/mol. The lowest BCUT2D eigenvalue weighted by atomic mass is 9.78. The molecule has 7 heteroatoms. The molecule has 0 radical (unpaired) electrons. The Bertz CT molecular complexity index is 1230. The minimum absolute atomic E-state index is 0.0527. The number of nitrogens with one attached hydrogen (secondary N) is 2. The predicted octanol–water partition coefficient (Wildman–Crippen LogP) is 5.05. The third-order valence-electron chi connectivity index (χ3n) is 8.23. The first kappa shape index (κ1) is 24.8. The van der Waals surface area contributed by atoms with Crippen LogP contribution in [0.4, 0.5) is 0 Å². The highest BCUT2D eigenvalue weighted by molar-refractivity contribution is 6.31. The van der Waals surface area contributed by atoms with E-state index in [0.29, 0.717) is 16.6 Å². The quantitative estimate of drug-likeness (QED) is 0.509. The molecule has 1 atom stereocenters. The van der Waals surface area contributed by atoms with Gasteiger partial charge in [0, 0.05) is 29.0 Å². The van der Waals surface area contributed by atoms with Crippen LogP contribution in [-0.2, 0) is 10.3 Å². The molecule has 6 nitrogen and oxygen atoms in total. The molecule has 2 saturated heterocycles. The smallest absolute Gasteiger partial charge is 0.268 e. The summed E-state index contributed by atoms with van der Waals surface area (Å²) in [7, 11) is 2.20. The zero-order valence-electron chi connectivity index (χ0n) is 21.1. The van der Waals surface area contributed by atoms with E-state index in [-0.39, 0.29) is 11.8 Å². The average Bonchev–Trinajstić information content (AvgIpc) is 3.33. The van der Waals surface area contributed by atoms with Crippen molar-refractivity contribution in [1.29, 1.82) is 0 Å². The molecule has 3 heterocycles. The number of nitrogens with zero attached hydrogens (tertiary/aromatic N) is 2. The van der Waals surface area contributed by atoms with E-state index < -0.39 is 5.54 Å². The molecule has 36 heavy (non-hydrogen) atoms. The summed E-state index contributed by atoms with van der Waals surface area (Å²) in [5.41, 5.74) is 0.838. The van der Waals surface area contributed by atoms with Crippen LogP contribution in [0.1, 0.15) is 48.7 Å². The first-order valence-electron chi connectivity index (χ1n) is 13.0. The Morgan fingerprint density at radius 2 is 1.58 bits per heavy atom. The fourth-order valence-electron chi connectivity index (χ4n) is 5.93. The highest BCUT2D eigenvalue weighted by Gasteiger charge is 2.42. The van der Waals surface area contributed by atoms with Gasteiger partial charge in [-0.2, -0.15) is 0 Å². The Balaban J connectivity index is 1.33. The number of benzene rings is 2. The van der Waals surface area contributed by atoms with Crippen molar-refractivity contribution in [1.82, 2.24) is 20.1 Å². The summed E-state index contributed by atoms with van der Waals surface area (Å²) in [6.45, 7) is 5.63. The van der Waals surface area contributed by atoms with E-state index in [1.807, 2.05) is 54.3 Å². The lowest BCUT2D eigenvalue weighted by molar-refractivity contribution is -0.139. The summed E-state index contributed by atoms with van der Waals surface area (Å²) in [5, 5.41) is 4.55. The second-order valence-corrected chi connectivity index (χ2v) is 11.1. The van der Waals surface area contributed by atoms with Crippen LogP contribution in [0.5, 0.6) is 0 Å². The molecular formula is C29H35ClN4O2. The Hall–Kier alpha value is -2.83. The second-order valence-electron chi connectivity index (χ2n) is 10.6. The number of likely N-dealkylation sites (tertiary alicyclic amines) is 2. The number of aromatic amines is 1. The van der Waals surface area contributed by atoms with Gasteiger partial charge >= 0.3 is 0 Å². The van der Waals surface area contributed by atoms with E-state index in [0.717, 1.165) is 48.3 Å². The van der Waals surface area contributed by atoms with E-state index in [1.165, 1.54) is 25.9 Å². The van der Waals surface area contributed by atoms with Gasteiger partial charge in [-0.05, 0) is 94.4 Å². The largest absolute Gasteiger partial charge is 0.351 e. The number of hydrogen-bond acceptors (Lipinski definition) is 3. The molecule has 2 aliphatic heterocycles. The number of halogens is 1. The number of aromatic nitrogens is 1. The monoisotopic (exact) mass is 506 g/mol. The van der Waals surface area contributed by atoms with Crippen molar-refractivity contribution < 1.29 is 9.59 Å². The summed E-state index contributed by atoms with van der Waals surface area (Å²) < 4.78 is 0. The maximum atomic E-state index is 14.0. The number of piperidine rings is 2. The van der Waals surface area contributed by atoms with E-state index >= 15 is 0 Å². The highest BCUT2D eigenvalue weighted by atomic mass is 35.5. The second kappa shape index (κ2) is 10.3. The molecule has 0 saturated carbocycles. The molecule has 190 valence electrons. The van der Waals surface area contributed by atoms with Crippen LogP contribution in [0, 0.1) is 11.8 Å². The van der Waals surface area contributed by atoms with Gasteiger partial charge in [0.2, 0.25) is 0 Å². The van der Waals surface area contributed by atoms with E-state index in [9.17, 15) is 9.59 Å². The van der Waals surface area contributed by atoms with E-state index in [4.69, 9.17) is 11.6 Å². The van der Waals surface area contributed by atoms with Crippen molar-refractivity contribution in [2.24, 2.45) is 11.8 Å². The topological polar surface area (TPSA) is 68.4 Å². The summed E-state index contributed by atoms with van der Waals surface area (Å²) in [5.74, 6) is 1.07. The Morgan fingerprint density at radius 1 is 0.944 bits per heavy atom. The number of carbonyl (C=O) groups is 2. The predicted molar refractivity (Wildman–Crippen MR) is 144 cm³/mol. The van der Waals surface area contributed by atoms with Crippen molar-refractivity contribution in [3.63, 3.8) is 0 Å². The molecule has 2 N–H and O–H groups in total. The van der Waals surface area contributed by atoms with Gasteiger partial charge in [0.05, 0.1) is 0 Å². The summed E-state index contributed by atoms with van der Waals surface area (Å²) >= 11 is 6.12. The van der Waals surface area contributed by atoms with Gasteiger partial charge in [-0.25, -0.2) is 0 Å². The van der Waals surface area contributed by atoms with E-state index in [1.54, 1.807) is 12.1 Å². The molecule has 2 aromatic carbocycles. The summed E-state index contributed by atoms with van der Waals surface area (Å²) in [6, 6.07) is 16.8. The van der Waals surface area contributed by atoms with Crippen LogP contribution < -0.4 is 5.32 Å². The summed E-state index contributed by atoms with van der Waals surface area (Å²) in [6.07, 6.45) is 4.56. The molecule has 2 aliphatic rings. The van der Waals surface area contributed by atoms with Gasteiger partial charge in [-0.15, -0.1) is 0 Å². The lowest BCUT2D eigenvalue weighted by Gasteiger charge is -2.42. The number of fused-ring (bicyclic) bond motifs is 1. The SMILES string of the molecule is CN1CCC(C2CCN(C(=O)[C@](C)(NC(=O)c3cc4cc(Cl)ccc4[nH]3)c3ccccc3)CC2)CC1. The molecular weight excluding hydrogens is 472 g/mol. The van der Waals surface area contributed by atoms with Gasteiger partial charge in [-0.3, -0.25) is 9.59 Å². The summed E-state index contributed by atoms with van der Waals surface area (Å²) in [4.78, 5) is 34.9. The van der Waals surface area contributed by atoms with Crippen LogP contribution >= 0.6 is 11.6 Å². The van der Waals surface area contributed by atoms with Gasteiger partial charge < -0.3 is 20.1 Å². The maximum Gasteiger partial charge on any atom is 0.268 e. The van der Waals surface area contributed by atoms with Crippen LogP contribution in [0.3, 0.4) is 0 Å². The molecule has 0 aliphatic carbocycles. The Morgan fingerprint density at radius 3 is 2.25 bits per heavy atom. The normalized spacial score (nSPS) is 19.8. The van der Waals surface area contributed by atoms with Gasteiger partial charge in [-0.1, -0.05) is 41.9 Å². The minimum atomic E-state index is -1.17. The maximum absolute atomic E-state index is 14.0. The third-order valence-corrected chi connectivity index (χ3v) is 8.46. The van der Waals surface area contributed by atoms with E-state index in [2.05, 4.69) is 22.2 Å². The molecule has 3 aromatic rings. The van der Waals surface area contributed by atoms with Crippen LogP contribution in [0.2, 0.25) is 5.02 Å². The number of H-pyrrole nitrogens is 1. The minimum Gasteiger partial charge on any atom is -0.351 e. The lowest BCUT2D eigenvalue weighted by Crippen LogP contribution is -2.57. The van der Waals surface area contributed by atoms with Gasteiger partial charge in [0.15, 0.2) is 0 Å². The molecule has 1 aromatic heterocycles. The number of carbonyl (C=O) groups excluding carboxylic acids is 2. The Kier molecular flexibility index (Phi) is 7.09. The third kappa shape index (κ3) is 5.02. The number of rotatable bonds is 5. The van der Waals surface area contributed by atoms with Crippen molar-refractivity contribution >= 4 is 34.3 Å². The molecule has 0 bridgehead atoms. The molecule has 0 unspecified atom stereocenters. The van der Waals surface area contributed by atoms with Crippen LogP contribution in [0.25, 0.3) is 10.9 Å². The zero-order chi connectivity index (χ0) is 25.3. The van der Waals surface area contributed by atoms with Crippen molar-refractivity contribution in [3.05, 3.63) is 70.9 Å². The molecule has 2 amide bonds. The first-order valence-corrected chi connectivity index (χ1v) is 13.4. The molecule has 2 fully saturated rings. The van der Waals surface area contributed by atoms with Crippen LogP contribution in [-0.4, -0.2) is 59.8 Å². The highest BCUT2D eigenvalue weighted by Crippen LogP contribution is 2.34. The fourth-order valence-corrected chi connectivity index (χ4v) is 6.11. The fraction of sp³-hybridized carbons (Fsp3) is 0.448. The van der Waals surface area contributed by atoms with Gasteiger partial charge in [0.25, 0.3) is 11.8 Å². The molecule has 0 spiro atoms. The standard InChI is InChI=1S/C29H35ClN4O2/c1-29(23-6-4-3-5-7-23,32-27(35)26-19-22-18-24(30)8-9-25(22)31-26)28(36)34-16-12-21(13-17-34)20-10-14-33(2)15-11-20/h3-9,18-21,31H,10-17H2,1-2H3,(H,32,35)/t29-/m1/s1. The van der Waals surface area contributed by atoms with Crippen LogP contribution in [0.15, 0.2) is 54.6 Å². The van der Waals surface area contributed by atoms with Crippen molar-refractivity contribution in [3.8, 4) is 0 Å². The van der Waals surface area contributed by atoms with Gasteiger partial charge in [0.1, 0.15) is 11.2 Å². The Labute approximate surface area is 218 Å². The van der Waals surface area contributed by atoms with Crippen molar-refractivity contribution in [2.45, 2.75) is 38.1 Å². The number of hydrogen-bond donors (Lipinski definition) is 2. The molecule has 5 rings (SSSR count). The first-order chi connectivity index (χ1) is 17.3. The van der Waals surface area contributed by atoms with Crippen molar-refractivity contribution in [2.75, 3.05) is 33.2 Å².